The van der Waals surface area contributed by atoms with Crippen LogP contribution >= 0.6 is 0 Å². The summed E-state index contributed by atoms with van der Waals surface area (Å²) in [5.74, 6) is 0.445. The highest BCUT2D eigenvalue weighted by Gasteiger charge is 2.11. The van der Waals surface area contributed by atoms with Crippen molar-refractivity contribution < 1.29 is 18.8 Å². The molecule has 3 rings (SSSR count). The van der Waals surface area contributed by atoms with Gasteiger partial charge in [-0.25, -0.2) is 9.37 Å². The lowest BCUT2D eigenvalue weighted by atomic mass is 10.0. The van der Waals surface area contributed by atoms with Crippen LogP contribution in [0.25, 0.3) is 11.6 Å². The molecule has 0 atom stereocenters. The third kappa shape index (κ3) is 4.73. The van der Waals surface area contributed by atoms with Crippen molar-refractivity contribution in [2.45, 2.75) is 0 Å². The summed E-state index contributed by atoms with van der Waals surface area (Å²) in [6, 6.07) is 15.4. The summed E-state index contributed by atoms with van der Waals surface area (Å²) in [6.07, 6.45) is 2.70. The summed E-state index contributed by atoms with van der Waals surface area (Å²) >= 11 is 0. The number of nitriles is 1. The predicted molar refractivity (Wildman–Crippen MR) is 104 cm³/mol. The molecule has 0 aliphatic carbocycles. The molecular formula is C21H14FN3O4. The number of hydrogen-bond acceptors (Lipinski definition) is 6. The van der Waals surface area contributed by atoms with E-state index in [1.807, 2.05) is 0 Å². The van der Waals surface area contributed by atoms with E-state index in [9.17, 15) is 19.8 Å². The van der Waals surface area contributed by atoms with Gasteiger partial charge in [-0.3, -0.25) is 10.1 Å². The number of methoxy groups -OCH3 is 1. The lowest BCUT2D eigenvalue weighted by molar-refractivity contribution is -0.385. The van der Waals surface area contributed by atoms with Crippen molar-refractivity contribution in [1.82, 2.24) is 4.98 Å². The molecule has 1 aromatic heterocycles. The molecule has 0 amide bonds. The van der Waals surface area contributed by atoms with E-state index in [0.717, 1.165) is 6.20 Å². The molecule has 8 heteroatoms. The number of hydrogen-bond donors (Lipinski definition) is 0. The molecule has 0 radical (unpaired) electrons. The highest BCUT2D eigenvalue weighted by Crippen LogP contribution is 2.33. The van der Waals surface area contributed by atoms with Crippen LogP contribution in [0, 0.1) is 27.3 Å². The summed E-state index contributed by atoms with van der Waals surface area (Å²) in [5, 5.41) is 20.1. The molecule has 0 N–H and O–H groups in total. The van der Waals surface area contributed by atoms with Gasteiger partial charge in [0.25, 0.3) is 5.69 Å². The van der Waals surface area contributed by atoms with Crippen molar-refractivity contribution in [2.24, 2.45) is 0 Å². The van der Waals surface area contributed by atoms with E-state index >= 15 is 0 Å². The van der Waals surface area contributed by atoms with Crippen LogP contribution in [0.1, 0.15) is 11.1 Å². The minimum atomic E-state index is -0.552. The Balaban J connectivity index is 1.88. The van der Waals surface area contributed by atoms with Gasteiger partial charge in [0.05, 0.1) is 23.7 Å². The molecule has 0 saturated heterocycles. The first-order valence-electron chi connectivity index (χ1n) is 8.34. The Morgan fingerprint density at radius 3 is 2.66 bits per heavy atom. The van der Waals surface area contributed by atoms with Gasteiger partial charge >= 0.3 is 0 Å². The minimum absolute atomic E-state index is 0.147. The van der Waals surface area contributed by atoms with Gasteiger partial charge in [-0.15, -0.1) is 0 Å². The average Bonchev–Trinajstić information content (AvgIpc) is 2.73. The maximum Gasteiger partial charge on any atom is 0.287 e. The van der Waals surface area contributed by atoms with E-state index in [2.05, 4.69) is 11.1 Å². The molecule has 0 aliphatic heterocycles. The third-order valence-corrected chi connectivity index (χ3v) is 3.90. The van der Waals surface area contributed by atoms with Crippen LogP contribution in [0.4, 0.5) is 10.1 Å². The smallest absolute Gasteiger partial charge is 0.287 e. The first-order valence-corrected chi connectivity index (χ1v) is 8.34. The van der Waals surface area contributed by atoms with E-state index in [-0.39, 0.29) is 17.1 Å². The zero-order valence-electron chi connectivity index (χ0n) is 15.2. The zero-order chi connectivity index (χ0) is 20.8. The monoisotopic (exact) mass is 391 g/mol. The van der Waals surface area contributed by atoms with Crippen molar-refractivity contribution in [1.29, 1.82) is 5.26 Å². The quantitative estimate of drug-likeness (QED) is 0.254. The first-order chi connectivity index (χ1) is 14.0. The molecule has 0 saturated carbocycles. The molecule has 7 nitrogen and oxygen atoms in total. The number of aromatic nitrogens is 1. The Morgan fingerprint density at radius 2 is 2.03 bits per heavy atom. The van der Waals surface area contributed by atoms with Gasteiger partial charge < -0.3 is 9.47 Å². The second-order valence-corrected chi connectivity index (χ2v) is 5.80. The number of ether oxygens (including phenoxy) is 2. The third-order valence-electron chi connectivity index (χ3n) is 3.90. The number of benzene rings is 2. The topological polar surface area (TPSA) is 98.3 Å². The van der Waals surface area contributed by atoms with E-state index in [0.29, 0.717) is 22.6 Å². The van der Waals surface area contributed by atoms with Crippen molar-refractivity contribution in [3.63, 3.8) is 0 Å². The summed E-state index contributed by atoms with van der Waals surface area (Å²) in [7, 11) is 1.46. The molecule has 2 aromatic carbocycles. The van der Waals surface area contributed by atoms with Crippen LogP contribution in [0.3, 0.4) is 0 Å². The molecule has 0 unspecified atom stereocenters. The Hall–Kier alpha value is -4.25. The van der Waals surface area contributed by atoms with E-state index in [4.69, 9.17) is 9.47 Å². The lowest BCUT2D eigenvalue weighted by Gasteiger charge is -2.10. The average molecular weight is 391 g/mol. The summed E-state index contributed by atoms with van der Waals surface area (Å²) in [6.45, 7) is 0. The van der Waals surface area contributed by atoms with Gasteiger partial charge in [-0.1, -0.05) is 18.2 Å². The molecule has 0 aliphatic rings. The number of rotatable bonds is 6. The molecule has 0 spiro atoms. The summed E-state index contributed by atoms with van der Waals surface area (Å²) in [4.78, 5) is 14.0. The van der Waals surface area contributed by atoms with Gasteiger partial charge in [-0.2, -0.15) is 5.26 Å². The van der Waals surface area contributed by atoms with E-state index in [1.54, 1.807) is 30.3 Å². The van der Waals surface area contributed by atoms with Gasteiger partial charge in [0, 0.05) is 12.1 Å². The first kappa shape index (κ1) is 19.5. The molecule has 29 heavy (non-hydrogen) atoms. The zero-order valence-corrected chi connectivity index (χ0v) is 15.2. The fourth-order valence-electron chi connectivity index (χ4n) is 2.51. The Labute approximate surface area is 165 Å². The van der Waals surface area contributed by atoms with E-state index < -0.39 is 10.7 Å². The fourth-order valence-corrected chi connectivity index (χ4v) is 2.51. The van der Waals surface area contributed by atoms with Crippen molar-refractivity contribution in [3.05, 3.63) is 87.9 Å². The van der Waals surface area contributed by atoms with E-state index in [1.165, 1.54) is 37.4 Å². The van der Waals surface area contributed by atoms with Crippen LogP contribution in [0.15, 0.2) is 60.8 Å². The number of pyridine rings is 1. The van der Waals surface area contributed by atoms with Crippen LogP contribution < -0.4 is 9.47 Å². The SMILES string of the molecule is COc1cc(/C=C(/C#N)c2cccc(F)c2)ccc1Oc1ccc([N+](=O)[O-])cn1. The van der Waals surface area contributed by atoms with Crippen molar-refractivity contribution in [2.75, 3.05) is 7.11 Å². The van der Waals surface area contributed by atoms with Crippen LogP contribution in [0.2, 0.25) is 0 Å². The molecule has 0 bridgehead atoms. The molecule has 0 fully saturated rings. The van der Waals surface area contributed by atoms with Crippen LogP contribution in [-0.4, -0.2) is 17.0 Å². The normalized spacial score (nSPS) is 10.9. The maximum atomic E-state index is 13.4. The Kier molecular flexibility index (Phi) is 5.80. The van der Waals surface area contributed by atoms with Gasteiger partial charge in [0.1, 0.15) is 12.0 Å². The summed E-state index contributed by atoms with van der Waals surface area (Å²) < 4.78 is 24.4. The maximum absolute atomic E-state index is 13.4. The summed E-state index contributed by atoms with van der Waals surface area (Å²) in [5.41, 5.74) is 1.25. The highest BCUT2D eigenvalue weighted by atomic mass is 19.1. The van der Waals surface area contributed by atoms with Crippen LogP contribution in [0.5, 0.6) is 17.4 Å². The standard InChI is InChI=1S/C21H14FN3O4/c1-28-20-10-14(9-16(12-23)15-3-2-4-17(22)11-15)5-7-19(20)29-21-8-6-18(13-24-21)25(26)27/h2-11,13H,1H3/b16-9-. The molecule has 3 aromatic rings. The van der Waals surface area contributed by atoms with Gasteiger partial charge in [-0.05, 0) is 41.5 Å². The lowest BCUT2D eigenvalue weighted by Crippen LogP contribution is -1.94. The fraction of sp³-hybridized carbons (Fsp3) is 0.0476. The minimum Gasteiger partial charge on any atom is -0.493 e. The number of nitrogens with zero attached hydrogens (tertiary/aromatic N) is 3. The molecule has 1 heterocycles. The number of nitro groups is 1. The highest BCUT2D eigenvalue weighted by molar-refractivity contribution is 5.89. The second-order valence-electron chi connectivity index (χ2n) is 5.80. The molecule has 144 valence electrons. The number of halogens is 1. The molecular weight excluding hydrogens is 377 g/mol. The van der Waals surface area contributed by atoms with Gasteiger partial charge in [0.2, 0.25) is 5.88 Å². The second kappa shape index (κ2) is 8.63. The van der Waals surface area contributed by atoms with Crippen molar-refractivity contribution in [3.8, 4) is 23.4 Å². The van der Waals surface area contributed by atoms with Gasteiger partial charge in [0.15, 0.2) is 11.5 Å². The predicted octanol–water partition coefficient (Wildman–Crippen LogP) is 4.99. The Bertz CT molecular complexity index is 1120. The van der Waals surface area contributed by atoms with Crippen LogP contribution in [-0.2, 0) is 0 Å². The number of allylic oxidation sites excluding steroid dienone is 1. The van der Waals surface area contributed by atoms with Crippen molar-refractivity contribution >= 4 is 17.3 Å². The Morgan fingerprint density at radius 1 is 1.21 bits per heavy atom. The largest absolute Gasteiger partial charge is 0.493 e.